The van der Waals surface area contributed by atoms with Gasteiger partial charge in [-0.15, -0.1) is 0 Å². The Balaban J connectivity index is 1.20. The van der Waals surface area contributed by atoms with Crippen LogP contribution in [0, 0.1) is 0 Å². The van der Waals surface area contributed by atoms with Crippen LogP contribution >= 0.6 is 0 Å². The lowest BCUT2D eigenvalue weighted by Crippen LogP contribution is -2.12. The number of fused-ring (bicyclic) bond motifs is 7. The molecule has 0 atom stereocenters. The van der Waals surface area contributed by atoms with Crippen LogP contribution in [-0.2, 0) is 0 Å². The molecular weight excluding hydrogens is 603 g/mol. The Labute approximate surface area is 281 Å². The van der Waals surface area contributed by atoms with Crippen molar-refractivity contribution in [3.8, 4) is 22.3 Å². The molecule has 5 heteroatoms. The zero-order valence-electron chi connectivity index (χ0n) is 26.2. The molecule has 49 heavy (non-hydrogen) atoms. The Bertz CT molecular complexity index is 2830. The number of aromatic nitrogens is 2. The Hall–Kier alpha value is -6.72. The normalized spacial score (nSPS) is 11.7. The summed E-state index contributed by atoms with van der Waals surface area (Å²) in [4.78, 5) is 12.2. The first-order chi connectivity index (χ1) is 24.3. The van der Waals surface area contributed by atoms with Crippen molar-refractivity contribution in [2.45, 2.75) is 0 Å². The first-order valence-electron chi connectivity index (χ1n) is 16.3. The van der Waals surface area contributed by atoms with Crippen LogP contribution in [0.1, 0.15) is 0 Å². The van der Waals surface area contributed by atoms with E-state index < -0.39 is 0 Å². The van der Waals surface area contributed by atoms with E-state index in [1.807, 2.05) is 60.8 Å². The van der Waals surface area contributed by atoms with Gasteiger partial charge >= 0.3 is 0 Å². The summed E-state index contributed by atoms with van der Waals surface area (Å²) >= 11 is 0. The Morgan fingerprint density at radius 1 is 0.469 bits per heavy atom. The highest BCUT2D eigenvalue weighted by atomic mass is 16.3. The molecule has 0 aliphatic rings. The Morgan fingerprint density at radius 3 is 2.10 bits per heavy atom. The summed E-state index contributed by atoms with van der Waals surface area (Å²) in [6, 6.07) is 54.5. The smallest absolute Gasteiger partial charge is 0.154 e. The third-order valence-electron chi connectivity index (χ3n) is 9.31. The van der Waals surface area contributed by atoms with Gasteiger partial charge in [-0.1, -0.05) is 91.0 Å². The lowest BCUT2D eigenvalue weighted by atomic mass is 9.98. The fraction of sp³-hybridized carbons (Fsp3) is 0. The maximum absolute atomic E-state index is 6.18. The van der Waals surface area contributed by atoms with Gasteiger partial charge in [0.25, 0.3) is 0 Å². The molecule has 0 aliphatic carbocycles. The van der Waals surface area contributed by atoms with E-state index in [1.165, 1.54) is 0 Å². The van der Waals surface area contributed by atoms with Gasteiger partial charge in [0.05, 0.1) is 11.1 Å². The predicted octanol–water partition coefficient (Wildman–Crippen LogP) is 12.2. The number of nitrogens with zero attached hydrogens (tertiary/aromatic N) is 3. The highest BCUT2D eigenvalue weighted by Crippen LogP contribution is 2.43. The standard InChI is InChI=1S/C44H27N3O2/c1-2-10-28(11-3-1)31-26-30-12-4-5-13-33(30)36(27-31)47(41-24-23-40-43(46-41)35-14-6-7-16-37(35)48-40)32-21-19-29(20-22-32)34-15-8-17-38-42(34)44-39(49-38)18-9-25-45-44/h1-27H. The molecule has 230 valence electrons. The van der Waals surface area contributed by atoms with Gasteiger partial charge in [-0.05, 0) is 94.4 Å². The van der Waals surface area contributed by atoms with Crippen molar-refractivity contribution in [2.24, 2.45) is 0 Å². The van der Waals surface area contributed by atoms with Crippen LogP contribution < -0.4 is 4.90 Å². The summed E-state index contributed by atoms with van der Waals surface area (Å²) in [5, 5.41) is 4.29. The highest BCUT2D eigenvalue weighted by molar-refractivity contribution is 6.11. The minimum atomic E-state index is 0.761. The Kier molecular flexibility index (Phi) is 6.11. The molecule has 10 aromatic rings. The molecule has 6 aromatic carbocycles. The van der Waals surface area contributed by atoms with Gasteiger partial charge in [0.2, 0.25) is 0 Å². The van der Waals surface area contributed by atoms with Crippen molar-refractivity contribution >= 4 is 72.1 Å². The van der Waals surface area contributed by atoms with Gasteiger partial charge in [-0.2, -0.15) is 0 Å². The van der Waals surface area contributed by atoms with Gasteiger partial charge in [-0.25, -0.2) is 4.98 Å². The molecule has 4 aromatic heterocycles. The van der Waals surface area contributed by atoms with Crippen molar-refractivity contribution in [2.75, 3.05) is 4.90 Å². The number of pyridine rings is 2. The van der Waals surface area contributed by atoms with Gasteiger partial charge < -0.3 is 8.83 Å². The van der Waals surface area contributed by atoms with Crippen LogP contribution in [0.2, 0.25) is 0 Å². The number of furan rings is 2. The second-order valence-electron chi connectivity index (χ2n) is 12.2. The SMILES string of the molecule is c1ccc(-c2cc(N(c3ccc(-c4cccc5oc6cccnc6c45)cc3)c3ccc4oc5ccccc5c4n3)c3ccccc3c2)cc1. The van der Waals surface area contributed by atoms with Crippen molar-refractivity contribution in [3.63, 3.8) is 0 Å². The van der Waals surface area contributed by atoms with E-state index in [2.05, 4.69) is 113 Å². The maximum atomic E-state index is 6.18. The molecule has 10 rings (SSSR count). The van der Waals surface area contributed by atoms with E-state index >= 15 is 0 Å². The number of benzene rings is 6. The van der Waals surface area contributed by atoms with Crippen LogP contribution in [0.5, 0.6) is 0 Å². The zero-order valence-corrected chi connectivity index (χ0v) is 26.2. The molecule has 4 heterocycles. The zero-order chi connectivity index (χ0) is 32.3. The fourth-order valence-corrected chi connectivity index (χ4v) is 7.04. The summed E-state index contributed by atoms with van der Waals surface area (Å²) in [5.41, 5.74) is 11.4. The third kappa shape index (κ3) is 4.48. The van der Waals surface area contributed by atoms with Crippen molar-refractivity contribution in [1.82, 2.24) is 9.97 Å². The molecular formula is C44H27N3O2. The van der Waals surface area contributed by atoms with E-state index in [9.17, 15) is 0 Å². The number of rotatable bonds is 5. The van der Waals surface area contributed by atoms with E-state index in [0.29, 0.717) is 0 Å². The molecule has 0 radical (unpaired) electrons. The Morgan fingerprint density at radius 2 is 1.20 bits per heavy atom. The van der Waals surface area contributed by atoms with E-state index in [0.717, 1.165) is 94.4 Å². The van der Waals surface area contributed by atoms with Gasteiger partial charge in [0, 0.05) is 22.7 Å². The lowest BCUT2D eigenvalue weighted by Gasteiger charge is -2.27. The molecule has 0 spiro atoms. The number of anilines is 3. The van der Waals surface area contributed by atoms with E-state index in [4.69, 9.17) is 13.8 Å². The van der Waals surface area contributed by atoms with Crippen molar-refractivity contribution in [3.05, 3.63) is 164 Å². The van der Waals surface area contributed by atoms with E-state index in [1.54, 1.807) is 0 Å². The molecule has 0 saturated heterocycles. The van der Waals surface area contributed by atoms with Crippen LogP contribution in [0.4, 0.5) is 17.2 Å². The van der Waals surface area contributed by atoms with Crippen LogP contribution in [0.25, 0.3) is 77.2 Å². The van der Waals surface area contributed by atoms with Gasteiger partial charge in [-0.3, -0.25) is 9.88 Å². The lowest BCUT2D eigenvalue weighted by molar-refractivity contribution is 0.668. The fourth-order valence-electron chi connectivity index (χ4n) is 7.04. The number of hydrogen-bond acceptors (Lipinski definition) is 5. The summed E-state index contributed by atoms with van der Waals surface area (Å²) in [7, 11) is 0. The average Bonchev–Trinajstić information content (AvgIpc) is 3.74. The number of para-hydroxylation sites is 1. The molecule has 5 nitrogen and oxygen atoms in total. The number of hydrogen-bond donors (Lipinski definition) is 0. The summed E-state index contributed by atoms with van der Waals surface area (Å²) < 4.78 is 12.3. The summed E-state index contributed by atoms with van der Waals surface area (Å²) in [6.07, 6.45) is 1.82. The molecule has 0 bridgehead atoms. The molecule has 0 aliphatic heterocycles. The highest BCUT2D eigenvalue weighted by Gasteiger charge is 2.21. The first-order valence-corrected chi connectivity index (χ1v) is 16.3. The van der Waals surface area contributed by atoms with Crippen LogP contribution in [0.15, 0.2) is 173 Å². The minimum absolute atomic E-state index is 0.761. The predicted molar refractivity (Wildman–Crippen MR) is 200 cm³/mol. The van der Waals surface area contributed by atoms with Crippen molar-refractivity contribution in [1.29, 1.82) is 0 Å². The molecule has 0 unspecified atom stereocenters. The third-order valence-corrected chi connectivity index (χ3v) is 9.31. The first kappa shape index (κ1) is 27.4. The molecule has 0 saturated carbocycles. The quantitative estimate of drug-likeness (QED) is 0.190. The monoisotopic (exact) mass is 629 g/mol. The largest absolute Gasteiger partial charge is 0.454 e. The molecule has 0 amide bonds. The maximum Gasteiger partial charge on any atom is 0.154 e. The second kappa shape index (κ2) is 10.9. The molecule has 0 N–H and O–H groups in total. The molecule has 0 fully saturated rings. The second-order valence-corrected chi connectivity index (χ2v) is 12.2. The summed E-state index contributed by atoms with van der Waals surface area (Å²) in [5.74, 6) is 0.800. The summed E-state index contributed by atoms with van der Waals surface area (Å²) in [6.45, 7) is 0. The topological polar surface area (TPSA) is 55.3 Å². The van der Waals surface area contributed by atoms with Crippen LogP contribution in [0.3, 0.4) is 0 Å². The van der Waals surface area contributed by atoms with Gasteiger partial charge in [0.15, 0.2) is 11.2 Å². The average molecular weight is 630 g/mol. The van der Waals surface area contributed by atoms with Crippen molar-refractivity contribution < 1.29 is 8.83 Å². The van der Waals surface area contributed by atoms with Crippen LogP contribution in [-0.4, -0.2) is 9.97 Å². The van der Waals surface area contributed by atoms with Gasteiger partial charge in [0.1, 0.15) is 28.0 Å². The van der Waals surface area contributed by atoms with E-state index in [-0.39, 0.29) is 0 Å². The minimum Gasteiger partial charge on any atom is -0.454 e.